The van der Waals surface area contributed by atoms with Crippen molar-refractivity contribution in [1.29, 1.82) is 0 Å². The molecule has 28 heavy (non-hydrogen) atoms. The Bertz CT molecular complexity index is 867. The van der Waals surface area contributed by atoms with Crippen LogP contribution in [0.2, 0.25) is 0 Å². The van der Waals surface area contributed by atoms with Gasteiger partial charge < -0.3 is 25.9 Å². The molecule has 2 saturated heterocycles. The number of aliphatic carboxylic acids is 1. The highest BCUT2D eigenvalue weighted by Gasteiger charge is 2.64. The molecule has 1 aromatic rings. The van der Waals surface area contributed by atoms with Crippen LogP contribution in [0.25, 0.3) is 0 Å². The average Bonchev–Trinajstić information content (AvgIpc) is 3.15. The predicted octanol–water partition coefficient (Wildman–Crippen LogP) is 0.264. The summed E-state index contributed by atoms with van der Waals surface area (Å²) in [5.74, 6) is -2.19. The fraction of sp³-hybridized carbons (Fsp3) is 0.438. The van der Waals surface area contributed by atoms with E-state index in [-0.39, 0.29) is 23.1 Å². The van der Waals surface area contributed by atoms with E-state index in [2.05, 4.69) is 22.0 Å². The number of carbonyl (C=O) groups is 3. The molecule has 3 rings (SSSR count). The van der Waals surface area contributed by atoms with Crippen LogP contribution in [0.1, 0.15) is 19.5 Å². The van der Waals surface area contributed by atoms with Gasteiger partial charge in [0.15, 0.2) is 10.8 Å². The van der Waals surface area contributed by atoms with Crippen molar-refractivity contribution in [3.05, 3.63) is 23.7 Å². The first-order valence-electron chi connectivity index (χ1n) is 8.23. The van der Waals surface area contributed by atoms with Gasteiger partial charge >= 0.3 is 5.97 Å². The summed E-state index contributed by atoms with van der Waals surface area (Å²) in [6, 6.07) is -1.81. The van der Waals surface area contributed by atoms with E-state index in [4.69, 9.17) is 10.6 Å². The molecule has 2 aliphatic rings. The highest BCUT2D eigenvalue weighted by atomic mass is 32.2. The number of nitrogens with one attached hydrogen (secondary N) is 1. The standard InChI is InChI=1S/C16H19N5O5S2/c1-4-5-26-20-8(7-6-27-15(17)18-7)11(22)19-9-12(23)21-10(14(24)25)16(2,3)28-13(9)21/h4,6,9-10,13H,1,5H2,2-3H3,(H2,17,18)(H,19,22)(H,24,25)/b20-8-/t9-,10-,13+/m0/s1. The van der Waals surface area contributed by atoms with Crippen molar-refractivity contribution >= 4 is 51.7 Å². The molecule has 2 fully saturated rings. The van der Waals surface area contributed by atoms with E-state index in [9.17, 15) is 19.5 Å². The van der Waals surface area contributed by atoms with Crippen molar-refractivity contribution in [1.82, 2.24) is 15.2 Å². The van der Waals surface area contributed by atoms with Crippen molar-refractivity contribution < 1.29 is 24.3 Å². The largest absolute Gasteiger partial charge is 0.480 e. The number of aromatic nitrogens is 1. The fourth-order valence-electron chi connectivity index (χ4n) is 3.11. The van der Waals surface area contributed by atoms with Crippen molar-refractivity contribution in [2.45, 2.75) is 36.1 Å². The summed E-state index contributed by atoms with van der Waals surface area (Å²) in [6.45, 7) is 7.10. The Morgan fingerprint density at radius 3 is 2.86 bits per heavy atom. The molecule has 0 aromatic carbocycles. The zero-order chi connectivity index (χ0) is 20.6. The number of rotatable bonds is 7. The molecule has 10 nitrogen and oxygen atoms in total. The average molecular weight is 425 g/mol. The predicted molar refractivity (Wildman–Crippen MR) is 105 cm³/mol. The number of β-lactam (4-membered cyclic amide) rings is 1. The highest BCUT2D eigenvalue weighted by molar-refractivity contribution is 8.01. The third kappa shape index (κ3) is 3.44. The number of nitrogens with zero attached hydrogens (tertiary/aromatic N) is 3. The maximum atomic E-state index is 12.7. The molecule has 0 aliphatic carbocycles. The number of nitrogen functional groups attached to an aromatic ring is 1. The van der Waals surface area contributed by atoms with Gasteiger partial charge in [-0.05, 0) is 13.8 Å². The smallest absolute Gasteiger partial charge is 0.327 e. The summed E-state index contributed by atoms with van der Waals surface area (Å²) < 4.78 is -0.682. The van der Waals surface area contributed by atoms with E-state index in [0.29, 0.717) is 0 Å². The minimum atomic E-state index is -1.07. The maximum absolute atomic E-state index is 12.7. The van der Waals surface area contributed by atoms with Gasteiger partial charge in [-0.25, -0.2) is 9.78 Å². The summed E-state index contributed by atoms with van der Waals surface area (Å²) in [6.07, 6.45) is 1.46. The quantitative estimate of drug-likeness (QED) is 0.185. The third-order valence-electron chi connectivity index (χ3n) is 4.29. The van der Waals surface area contributed by atoms with Crippen LogP contribution in [0, 0.1) is 0 Å². The zero-order valence-electron chi connectivity index (χ0n) is 15.1. The maximum Gasteiger partial charge on any atom is 0.327 e. The molecule has 2 amide bonds. The van der Waals surface area contributed by atoms with Gasteiger partial charge in [0.05, 0.1) is 0 Å². The van der Waals surface area contributed by atoms with E-state index >= 15 is 0 Å². The summed E-state index contributed by atoms with van der Waals surface area (Å²) in [4.78, 5) is 47.2. The van der Waals surface area contributed by atoms with Crippen LogP contribution in [0.15, 0.2) is 23.2 Å². The molecule has 3 heterocycles. The van der Waals surface area contributed by atoms with Crippen molar-refractivity contribution in [3.8, 4) is 0 Å². The fourth-order valence-corrected chi connectivity index (χ4v) is 5.28. The van der Waals surface area contributed by atoms with Gasteiger partial charge in [0.1, 0.15) is 29.8 Å². The molecule has 0 spiro atoms. The topological polar surface area (TPSA) is 147 Å². The second-order valence-electron chi connectivity index (χ2n) is 6.64. The number of carbonyl (C=O) groups excluding carboxylic acids is 2. The lowest BCUT2D eigenvalue weighted by molar-refractivity contribution is -0.160. The van der Waals surface area contributed by atoms with Gasteiger partial charge in [-0.2, -0.15) is 0 Å². The van der Waals surface area contributed by atoms with E-state index in [1.807, 2.05) is 0 Å². The van der Waals surface area contributed by atoms with E-state index in [1.54, 1.807) is 19.2 Å². The molecule has 12 heteroatoms. The Morgan fingerprint density at radius 2 is 2.29 bits per heavy atom. The first-order chi connectivity index (χ1) is 13.2. The van der Waals surface area contributed by atoms with E-state index < -0.39 is 40.0 Å². The highest BCUT2D eigenvalue weighted by Crippen LogP contribution is 2.50. The lowest BCUT2D eigenvalue weighted by atomic mass is 9.96. The SMILES string of the molecule is C=CCO/N=C(\C(=O)N[C@H]1C(=O)N2[C@@H]1SC(C)(C)[C@@H]2C(=O)O)c1csc(N)n1. The van der Waals surface area contributed by atoms with Gasteiger partial charge in [-0.15, -0.1) is 23.1 Å². The Morgan fingerprint density at radius 1 is 1.57 bits per heavy atom. The molecular weight excluding hydrogens is 406 g/mol. The number of oxime groups is 1. The summed E-state index contributed by atoms with van der Waals surface area (Å²) >= 11 is 2.47. The monoisotopic (exact) mass is 425 g/mol. The van der Waals surface area contributed by atoms with Gasteiger partial charge in [0, 0.05) is 10.1 Å². The normalized spacial score (nSPS) is 25.6. The first kappa shape index (κ1) is 20.1. The van der Waals surface area contributed by atoms with Crippen LogP contribution in [0.5, 0.6) is 0 Å². The molecule has 0 saturated carbocycles. The Hall–Kier alpha value is -2.60. The Balaban J connectivity index is 1.78. The lowest BCUT2D eigenvalue weighted by Crippen LogP contribution is -2.71. The van der Waals surface area contributed by atoms with Crippen LogP contribution in [0.4, 0.5) is 5.13 Å². The van der Waals surface area contributed by atoms with Crippen LogP contribution in [-0.4, -0.2) is 67.3 Å². The summed E-state index contributed by atoms with van der Waals surface area (Å²) in [5.41, 5.74) is 5.71. The Labute approximate surface area is 168 Å². The summed E-state index contributed by atoms with van der Waals surface area (Å²) in [5, 5.41) is 17.2. The number of hydrogen-bond donors (Lipinski definition) is 3. The minimum Gasteiger partial charge on any atom is -0.480 e. The molecule has 2 aliphatic heterocycles. The molecular formula is C16H19N5O5S2. The van der Waals surface area contributed by atoms with Gasteiger partial charge in [0.25, 0.3) is 5.91 Å². The molecule has 0 unspecified atom stereocenters. The number of hydrogen-bond acceptors (Lipinski definition) is 9. The van der Waals surface area contributed by atoms with Gasteiger partial charge in [0.2, 0.25) is 5.91 Å². The number of carboxylic acids is 1. The lowest BCUT2D eigenvalue weighted by Gasteiger charge is -2.43. The molecule has 3 atom stereocenters. The van der Waals surface area contributed by atoms with Gasteiger partial charge in [-0.3, -0.25) is 9.59 Å². The van der Waals surface area contributed by atoms with Crippen LogP contribution in [-0.2, 0) is 19.2 Å². The third-order valence-corrected chi connectivity index (χ3v) is 6.53. The minimum absolute atomic E-state index is 0.0828. The van der Waals surface area contributed by atoms with Crippen molar-refractivity contribution in [2.24, 2.45) is 5.16 Å². The molecule has 4 N–H and O–H groups in total. The number of thiazole rings is 1. The number of anilines is 1. The Kier molecular flexibility index (Phi) is 5.35. The second-order valence-corrected chi connectivity index (χ2v) is 9.31. The van der Waals surface area contributed by atoms with Crippen LogP contribution in [0.3, 0.4) is 0 Å². The van der Waals surface area contributed by atoms with Crippen LogP contribution >= 0.6 is 23.1 Å². The van der Waals surface area contributed by atoms with Gasteiger partial charge in [-0.1, -0.05) is 17.8 Å². The van der Waals surface area contributed by atoms with Crippen LogP contribution < -0.4 is 11.1 Å². The second kappa shape index (κ2) is 7.43. The number of nitrogens with two attached hydrogens (primary N) is 1. The van der Waals surface area contributed by atoms with E-state index in [1.165, 1.54) is 22.7 Å². The van der Waals surface area contributed by atoms with Crippen molar-refractivity contribution in [2.75, 3.05) is 12.3 Å². The molecule has 1 aromatic heterocycles. The first-order valence-corrected chi connectivity index (χ1v) is 9.99. The molecule has 0 bridgehead atoms. The molecule has 150 valence electrons. The summed E-state index contributed by atoms with van der Waals surface area (Å²) in [7, 11) is 0. The number of amides is 2. The van der Waals surface area contributed by atoms with Crippen molar-refractivity contribution in [3.63, 3.8) is 0 Å². The number of carboxylic acid groups (broad SMARTS) is 1. The number of fused-ring (bicyclic) bond motifs is 1. The zero-order valence-corrected chi connectivity index (χ0v) is 16.7. The van der Waals surface area contributed by atoms with E-state index in [0.717, 1.165) is 11.3 Å². The molecule has 0 radical (unpaired) electrons. The number of thioether (sulfide) groups is 1.